The quantitative estimate of drug-likeness (QED) is 0.787. The molecule has 0 spiro atoms. The summed E-state index contributed by atoms with van der Waals surface area (Å²) in [5.41, 5.74) is 2.16. The zero-order valence-corrected chi connectivity index (χ0v) is 9.08. The van der Waals surface area contributed by atoms with E-state index in [2.05, 4.69) is 32.2 Å². The number of pyridine rings is 1. The van der Waals surface area contributed by atoms with Crippen molar-refractivity contribution in [3.8, 4) is 0 Å². The summed E-state index contributed by atoms with van der Waals surface area (Å²) in [6.07, 6.45) is 4.18. The molecule has 2 aromatic heterocycles. The fourth-order valence-corrected chi connectivity index (χ4v) is 2.00. The van der Waals surface area contributed by atoms with Gasteiger partial charge in [-0.3, -0.25) is 4.40 Å². The molecule has 13 heavy (non-hydrogen) atoms. The van der Waals surface area contributed by atoms with Crippen LogP contribution in [-0.4, -0.2) is 9.38 Å². The second-order valence-electron chi connectivity index (χ2n) is 3.03. The summed E-state index contributed by atoms with van der Waals surface area (Å²) in [4.78, 5) is 4.52. The van der Waals surface area contributed by atoms with Gasteiger partial charge >= 0.3 is 0 Å². The minimum absolute atomic E-state index is 1.01. The second-order valence-corrected chi connectivity index (χ2v) is 3.78. The van der Waals surface area contributed by atoms with E-state index in [1.165, 1.54) is 0 Å². The molecule has 3 heteroatoms. The molecule has 68 valence electrons. The highest BCUT2D eigenvalue weighted by Gasteiger charge is 2.06. The third kappa shape index (κ3) is 1.48. The molecule has 0 fully saturated rings. The van der Waals surface area contributed by atoms with Gasteiger partial charge in [-0.1, -0.05) is 19.4 Å². The second kappa shape index (κ2) is 3.50. The van der Waals surface area contributed by atoms with E-state index in [1.54, 1.807) is 0 Å². The summed E-state index contributed by atoms with van der Waals surface area (Å²) in [5, 5.41) is 0. The molecule has 0 aliphatic rings. The molecule has 0 bridgehead atoms. The Bertz CT molecular complexity index is 420. The van der Waals surface area contributed by atoms with E-state index in [-0.39, 0.29) is 0 Å². The highest BCUT2D eigenvalue weighted by Crippen LogP contribution is 2.19. The maximum Gasteiger partial charge on any atom is 0.137 e. The maximum absolute atomic E-state index is 4.52. The van der Waals surface area contributed by atoms with E-state index in [0.29, 0.717) is 0 Å². The van der Waals surface area contributed by atoms with E-state index >= 15 is 0 Å². The molecular weight excluding hydrogens is 228 g/mol. The predicted molar refractivity (Wildman–Crippen MR) is 56.9 cm³/mol. The monoisotopic (exact) mass is 238 g/mol. The van der Waals surface area contributed by atoms with Crippen LogP contribution < -0.4 is 0 Å². The lowest BCUT2D eigenvalue weighted by Crippen LogP contribution is -1.84. The van der Waals surface area contributed by atoms with Crippen molar-refractivity contribution in [2.75, 3.05) is 0 Å². The van der Waals surface area contributed by atoms with E-state index < -0.39 is 0 Å². The molecule has 0 saturated heterocycles. The van der Waals surface area contributed by atoms with Gasteiger partial charge in [-0.2, -0.15) is 0 Å². The Morgan fingerprint density at radius 3 is 3.00 bits per heavy atom. The third-order valence-corrected chi connectivity index (χ3v) is 2.86. The van der Waals surface area contributed by atoms with Gasteiger partial charge < -0.3 is 0 Å². The predicted octanol–water partition coefficient (Wildman–Crippen LogP) is 3.05. The molecule has 0 radical (unpaired) electrons. The smallest absolute Gasteiger partial charge is 0.137 e. The van der Waals surface area contributed by atoms with Gasteiger partial charge in [-0.05, 0) is 34.5 Å². The third-order valence-electron chi connectivity index (χ3n) is 2.02. The summed E-state index contributed by atoms with van der Waals surface area (Å²) < 4.78 is 3.15. The first kappa shape index (κ1) is 8.75. The Labute approximate surface area is 85.7 Å². The van der Waals surface area contributed by atoms with Crippen LogP contribution in [0.15, 0.2) is 29.0 Å². The topological polar surface area (TPSA) is 17.3 Å². The fraction of sp³-hybridized carbons (Fsp3) is 0.300. The summed E-state index contributed by atoms with van der Waals surface area (Å²) in [7, 11) is 0. The zero-order chi connectivity index (χ0) is 9.26. The van der Waals surface area contributed by atoms with Crippen molar-refractivity contribution >= 4 is 21.6 Å². The van der Waals surface area contributed by atoms with Crippen molar-refractivity contribution in [1.29, 1.82) is 0 Å². The van der Waals surface area contributed by atoms with Gasteiger partial charge in [0.1, 0.15) is 10.3 Å². The van der Waals surface area contributed by atoms with Crippen molar-refractivity contribution < 1.29 is 0 Å². The van der Waals surface area contributed by atoms with Crippen LogP contribution in [0.3, 0.4) is 0 Å². The van der Waals surface area contributed by atoms with Crippen molar-refractivity contribution in [1.82, 2.24) is 9.38 Å². The van der Waals surface area contributed by atoms with Crippen molar-refractivity contribution in [3.63, 3.8) is 0 Å². The maximum atomic E-state index is 4.52. The molecule has 0 aliphatic carbocycles. The molecule has 0 N–H and O–H groups in total. The standard InChI is InChI=1S/C10H11BrN2/c1-2-5-8-10(11)13-7-4-3-6-9(13)12-8/h3-4,6-7H,2,5H2,1H3. The van der Waals surface area contributed by atoms with E-state index in [1.807, 2.05) is 24.4 Å². The highest BCUT2D eigenvalue weighted by molar-refractivity contribution is 9.10. The van der Waals surface area contributed by atoms with Gasteiger partial charge in [0, 0.05) is 6.20 Å². The SMILES string of the molecule is CCCc1nc2ccccn2c1Br. The fourth-order valence-electron chi connectivity index (χ4n) is 1.41. The average Bonchev–Trinajstić information content (AvgIpc) is 2.46. The molecule has 2 heterocycles. The molecule has 2 aromatic rings. The number of hydrogen-bond donors (Lipinski definition) is 0. The molecule has 0 amide bonds. The van der Waals surface area contributed by atoms with Crippen LogP contribution in [0.1, 0.15) is 19.0 Å². The van der Waals surface area contributed by atoms with Crippen LogP contribution in [-0.2, 0) is 6.42 Å². The van der Waals surface area contributed by atoms with Gasteiger partial charge in [-0.25, -0.2) is 4.98 Å². The molecule has 0 atom stereocenters. The molecule has 0 saturated carbocycles. The van der Waals surface area contributed by atoms with E-state index in [4.69, 9.17) is 0 Å². The normalized spacial score (nSPS) is 10.9. The molecule has 2 nitrogen and oxygen atoms in total. The number of nitrogens with zero attached hydrogens (tertiary/aromatic N) is 2. The first-order valence-electron chi connectivity index (χ1n) is 4.44. The summed E-state index contributed by atoms with van der Waals surface area (Å²) in [6, 6.07) is 6.03. The average molecular weight is 239 g/mol. The molecule has 0 aromatic carbocycles. The Kier molecular flexibility index (Phi) is 2.36. The Balaban J connectivity index is 2.60. The number of aryl methyl sites for hydroxylation is 1. The molecule has 0 aliphatic heterocycles. The van der Waals surface area contributed by atoms with Crippen LogP contribution in [0.5, 0.6) is 0 Å². The first-order valence-corrected chi connectivity index (χ1v) is 5.23. The van der Waals surface area contributed by atoms with Crippen molar-refractivity contribution in [2.45, 2.75) is 19.8 Å². The Hall–Kier alpha value is -0.830. The summed E-state index contributed by atoms with van der Waals surface area (Å²) in [6.45, 7) is 2.16. The minimum atomic E-state index is 1.01. The highest BCUT2D eigenvalue weighted by atomic mass is 79.9. The van der Waals surface area contributed by atoms with Gasteiger partial charge in [0.15, 0.2) is 0 Å². The Morgan fingerprint density at radius 2 is 2.31 bits per heavy atom. The van der Waals surface area contributed by atoms with Gasteiger partial charge in [0.05, 0.1) is 5.69 Å². The van der Waals surface area contributed by atoms with Gasteiger partial charge in [0.25, 0.3) is 0 Å². The van der Waals surface area contributed by atoms with Crippen molar-refractivity contribution in [2.24, 2.45) is 0 Å². The minimum Gasteiger partial charge on any atom is -0.294 e. The Morgan fingerprint density at radius 1 is 1.46 bits per heavy atom. The molecule has 0 unspecified atom stereocenters. The lowest BCUT2D eigenvalue weighted by Gasteiger charge is -1.93. The van der Waals surface area contributed by atoms with Crippen LogP contribution in [0, 0.1) is 0 Å². The number of rotatable bonds is 2. The lowest BCUT2D eigenvalue weighted by molar-refractivity contribution is 0.887. The van der Waals surface area contributed by atoms with E-state index in [9.17, 15) is 0 Å². The number of hydrogen-bond acceptors (Lipinski definition) is 1. The number of halogens is 1. The van der Waals surface area contributed by atoms with Crippen LogP contribution in [0.2, 0.25) is 0 Å². The number of aromatic nitrogens is 2. The van der Waals surface area contributed by atoms with Crippen LogP contribution in [0.4, 0.5) is 0 Å². The zero-order valence-electron chi connectivity index (χ0n) is 7.50. The lowest BCUT2D eigenvalue weighted by atomic mass is 10.3. The first-order chi connectivity index (χ1) is 6.33. The summed E-state index contributed by atoms with van der Waals surface area (Å²) >= 11 is 3.55. The summed E-state index contributed by atoms with van der Waals surface area (Å²) in [5.74, 6) is 0. The number of imidazole rings is 1. The molecule has 2 rings (SSSR count). The molecular formula is C10H11BrN2. The van der Waals surface area contributed by atoms with Crippen LogP contribution >= 0.6 is 15.9 Å². The largest absolute Gasteiger partial charge is 0.294 e. The van der Waals surface area contributed by atoms with Gasteiger partial charge in [-0.15, -0.1) is 0 Å². The van der Waals surface area contributed by atoms with Gasteiger partial charge in [0.2, 0.25) is 0 Å². The van der Waals surface area contributed by atoms with Crippen molar-refractivity contribution in [3.05, 3.63) is 34.7 Å². The number of fused-ring (bicyclic) bond motifs is 1. The van der Waals surface area contributed by atoms with Crippen LogP contribution in [0.25, 0.3) is 5.65 Å². The van der Waals surface area contributed by atoms with E-state index in [0.717, 1.165) is 28.8 Å².